The molecule has 0 radical (unpaired) electrons. The standard InChI is InChI=1S/C17H23FO2/c1-12-4-5-13(10-15(12)18)16(19)14-6-9-20-17(11-14)7-2-3-8-17/h4-5,10,14,16,19H,2-3,6-9,11H2,1H3. The van der Waals surface area contributed by atoms with Gasteiger partial charge >= 0.3 is 0 Å². The average Bonchev–Trinajstić information content (AvgIpc) is 2.89. The van der Waals surface area contributed by atoms with Crippen LogP contribution < -0.4 is 0 Å². The number of aryl methyl sites for hydroxylation is 1. The molecule has 20 heavy (non-hydrogen) atoms. The molecule has 0 aromatic heterocycles. The summed E-state index contributed by atoms with van der Waals surface area (Å²) < 4.78 is 19.7. The molecule has 1 spiro atoms. The number of halogens is 1. The van der Waals surface area contributed by atoms with E-state index in [1.54, 1.807) is 13.0 Å². The van der Waals surface area contributed by atoms with Gasteiger partial charge in [0.1, 0.15) is 5.82 Å². The third-order valence-corrected chi connectivity index (χ3v) is 5.03. The molecule has 1 N–H and O–H groups in total. The second kappa shape index (κ2) is 5.45. The molecule has 2 fully saturated rings. The Morgan fingerprint density at radius 3 is 2.80 bits per heavy atom. The normalized spacial score (nSPS) is 26.9. The van der Waals surface area contributed by atoms with Gasteiger partial charge in [0.25, 0.3) is 0 Å². The minimum atomic E-state index is -0.577. The summed E-state index contributed by atoms with van der Waals surface area (Å²) in [5, 5.41) is 10.6. The monoisotopic (exact) mass is 278 g/mol. The van der Waals surface area contributed by atoms with E-state index in [2.05, 4.69) is 0 Å². The van der Waals surface area contributed by atoms with Gasteiger partial charge in [-0.3, -0.25) is 0 Å². The Morgan fingerprint density at radius 2 is 2.10 bits per heavy atom. The average molecular weight is 278 g/mol. The maximum Gasteiger partial charge on any atom is 0.126 e. The third-order valence-electron chi connectivity index (χ3n) is 5.03. The van der Waals surface area contributed by atoms with Gasteiger partial charge in [0, 0.05) is 6.61 Å². The molecule has 1 saturated heterocycles. The van der Waals surface area contributed by atoms with Crippen LogP contribution >= 0.6 is 0 Å². The largest absolute Gasteiger partial charge is 0.388 e. The SMILES string of the molecule is Cc1ccc(C(O)C2CCOC3(CCCC3)C2)cc1F. The summed E-state index contributed by atoms with van der Waals surface area (Å²) in [6.07, 6.45) is 5.86. The van der Waals surface area contributed by atoms with Gasteiger partial charge in [-0.2, -0.15) is 0 Å². The molecular formula is C17H23FO2. The fourth-order valence-electron chi connectivity index (χ4n) is 3.77. The number of benzene rings is 1. The summed E-state index contributed by atoms with van der Waals surface area (Å²) in [6.45, 7) is 2.46. The van der Waals surface area contributed by atoms with Crippen molar-refractivity contribution in [2.24, 2.45) is 5.92 Å². The second-order valence-corrected chi connectivity index (χ2v) is 6.44. The Kier molecular flexibility index (Phi) is 3.83. The fraction of sp³-hybridized carbons (Fsp3) is 0.647. The zero-order valence-corrected chi connectivity index (χ0v) is 12.1. The molecule has 1 aliphatic heterocycles. The Hall–Kier alpha value is -0.930. The van der Waals surface area contributed by atoms with E-state index in [1.165, 1.54) is 18.9 Å². The van der Waals surface area contributed by atoms with Crippen LogP contribution in [0.4, 0.5) is 4.39 Å². The molecule has 1 aliphatic carbocycles. The molecular weight excluding hydrogens is 255 g/mol. The minimum absolute atomic E-state index is 0.00681. The molecule has 1 saturated carbocycles. The van der Waals surface area contributed by atoms with Crippen molar-refractivity contribution in [2.75, 3.05) is 6.61 Å². The van der Waals surface area contributed by atoms with Crippen LogP contribution in [0.15, 0.2) is 18.2 Å². The molecule has 2 unspecified atom stereocenters. The highest BCUT2D eigenvalue weighted by Gasteiger charge is 2.41. The number of hydrogen-bond donors (Lipinski definition) is 1. The van der Waals surface area contributed by atoms with Crippen LogP contribution in [0, 0.1) is 18.7 Å². The van der Waals surface area contributed by atoms with Crippen LogP contribution in [0.1, 0.15) is 55.8 Å². The van der Waals surface area contributed by atoms with Crippen molar-refractivity contribution in [2.45, 2.75) is 57.2 Å². The molecule has 2 atom stereocenters. The maximum atomic E-state index is 13.7. The molecule has 0 bridgehead atoms. The van der Waals surface area contributed by atoms with E-state index in [0.717, 1.165) is 32.3 Å². The van der Waals surface area contributed by atoms with Gasteiger partial charge in [-0.25, -0.2) is 4.39 Å². The molecule has 3 heteroatoms. The first-order valence-corrected chi connectivity index (χ1v) is 7.68. The molecule has 0 amide bonds. The third kappa shape index (κ3) is 2.61. The summed E-state index contributed by atoms with van der Waals surface area (Å²) in [6, 6.07) is 5.08. The van der Waals surface area contributed by atoms with E-state index in [9.17, 15) is 9.50 Å². The van der Waals surface area contributed by atoms with Crippen molar-refractivity contribution >= 4 is 0 Å². The summed E-state index contributed by atoms with van der Waals surface area (Å²) >= 11 is 0. The molecule has 2 aliphatic rings. The predicted octanol–water partition coefficient (Wildman–Crippen LogP) is 3.91. The van der Waals surface area contributed by atoms with Crippen LogP contribution in [0.25, 0.3) is 0 Å². The van der Waals surface area contributed by atoms with Crippen molar-refractivity contribution in [3.8, 4) is 0 Å². The summed E-state index contributed by atoms with van der Waals surface area (Å²) in [5.41, 5.74) is 1.32. The van der Waals surface area contributed by atoms with Gasteiger partial charge in [0.15, 0.2) is 0 Å². The van der Waals surface area contributed by atoms with Gasteiger partial charge in [0.05, 0.1) is 11.7 Å². The molecule has 110 valence electrons. The summed E-state index contributed by atoms with van der Waals surface area (Å²) in [5.74, 6) is -0.0480. The van der Waals surface area contributed by atoms with E-state index in [0.29, 0.717) is 11.1 Å². The van der Waals surface area contributed by atoms with Crippen LogP contribution in [0.5, 0.6) is 0 Å². The van der Waals surface area contributed by atoms with Crippen LogP contribution in [-0.2, 0) is 4.74 Å². The van der Waals surface area contributed by atoms with Gasteiger partial charge < -0.3 is 9.84 Å². The summed E-state index contributed by atoms with van der Waals surface area (Å²) in [7, 11) is 0. The number of hydrogen-bond acceptors (Lipinski definition) is 2. The van der Waals surface area contributed by atoms with Crippen LogP contribution in [-0.4, -0.2) is 17.3 Å². The lowest BCUT2D eigenvalue weighted by Gasteiger charge is -2.40. The Balaban J connectivity index is 1.75. The van der Waals surface area contributed by atoms with Gasteiger partial charge in [0.2, 0.25) is 0 Å². The van der Waals surface area contributed by atoms with Gasteiger partial charge in [-0.05, 0) is 55.7 Å². The minimum Gasteiger partial charge on any atom is -0.388 e. The topological polar surface area (TPSA) is 29.5 Å². The first-order chi connectivity index (χ1) is 9.60. The number of ether oxygens (including phenoxy) is 1. The molecule has 1 aromatic carbocycles. The Labute approximate surface area is 120 Å². The second-order valence-electron chi connectivity index (χ2n) is 6.44. The number of aliphatic hydroxyl groups is 1. The highest BCUT2D eigenvalue weighted by Crippen LogP contribution is 2.45. The highest BCUT2D eigenvalue weighted by molar-refractivity contribution is 5.25. The molecule has 1 heterocycles. The fourth-order valence-corrected chi connectivity index (χ4v) is 3.77. The van der Waals surface area contributed by atoms with Crippen molar-refractivity contribution < 1.29 is 14.2 Å². The lowest BCUT2D eigenvalue weighted by molar-refractivity contribution is -0.113. The van der Waals surface area contributed by atoms with E-state index in [1.807, 2.05) is 6.07 Å². The number of aliphatic hydroxyl groups excluding tert-OH is 1. The van der Waals surface area contributed by atoms with Crippen LogP contribution in [0.2, 0.25) is 0 Å². The summed E-state index contributed by atoms with van der Waals surface area (Å²) in [4.78, 5) is 0. The van der Waals surface area contributed by atoms with E-state index >= 15 is 0 Å². The van der Waals surface area contributed by atoms with Gasteiger partial charge in [-0.1, -0.05) is 25.0 Å². The Bertz CT molecular complexity index is 480. The van der Waals surface area contributed by atoms with E-state index in [-0.39, 0.29) is 17.3 Å². The van der Waals surface area contributed by atoms with E-state index in [4.69, 9.17) is 4.74 Å². The van der Waals surface area contributed by atoms with E-state index < -0.39 is 6.10 Å². The Morgan fingerprint density at radius 1 is 1.35 bits per heavy atom. The lowest BCUT2D eigenvalue weighted by atomic mass is 9.80. The lowest BCUT2D eigenvalue weighted by Crippen LogP contribution is -2.39. The molecule has 2 nitrogen and oxygen atoms in total. The van der Waals surface area contributed by atoms with Crippen molar-refractivity contribution in [1.82, 2.24) is 0 Å². The first kappa shape index (κ1) is 14.0. The molecule has 3 rings (SSSR count). The van der Waals surface area contributed by atoms with Gasteiger partial charge in [-0.15, -0.1) is 0 Å². The van der Waals surface area contributed by atoms with Crippen molar-refractivity contribution in [3.05, 3.63) is 35.1 Å². The smallest absolute Gasteiger partial charge is 0.126 e. The first-order valence-electron chi connectivity index (χ1n) is 7.68. The van der Waals surface area contributed by atoms with Crippen molar-refractivity contribution in [1.29, 1.82) is 0 Å². The highest BCUT2D eigenvalue weighted by atomic mass is 19.1. The molecule has 1 aromatic rings. The zero-order valence-electron chi connectivity index (χ0n) is 12.1. The maximum absolute atomic E-state index is 13.7. The predicted molar refractivity (Wildman–Crippen MR) is 76.0 cm³/mol. The number of rotatable bonds is 2. The quantitative estimate of drug-likeness (QED) is 0.889. The van der Waals surface area contributed by atoms with Crippen molar-refractivity contribution in [3.63, 3.8) is 0 Å². The van der Waals surface area contributed by atoms with Crippen LogP contribution in [0.3, 0.4) is 0 Å². The zero-order chi connectivity index (χ0) is 14.2.